The Morgan fingerprint density at radius 3 is 2.68 bits per heavy atom. The normalized spacial score (nSPS) is 14.5. The number of amides is 1. The summed E-state index contributed by atoms with van der Waals surface area (Å²) in [5.41, 5.74) is 2.25. The van der Waals surface area contributed by atoms with Crippen molar-refractivity contribution < 1.29 is 14.3 Å². The van der Waals surface area contributed by atoms with Crippen molar-refractivity contribution >= 4 is 79.5 Å². The number of nitrogens with zero attached hydrogens (tertiary/aromatic N) is 3. The molecule has 1 fully saturated rings. The monoisotopic (exact) mass is 521 g/mol. The first kappa shape index (κ1) is 24.5. The molecule has 168 valence electrons. The second kappa shape index (κ2) is 10.7. The highest BCUT2D eigenvalue weighted by Crippen LogP contribution is 2.38. The maximum Gasteiger partial charge on any atom is 0.262 e. The molecule has 1 aliphatic heterocycles. The average molecular weight is 523 g/mol. The van der Waals surface area contributed by atoms with Crippen molar-refractivity contribution in [2.75, 3.05) is 51.4 Å². The zero-order valence-corrected chi connectivity index (χ0v) is 21.0. The first-order valence-corrected chi connectivity index (χ1v) is 11.9. The van der Waals surface area contributed by atoms with Crippen LogP contribution in [0.2, 0.25) is 8.67 Å². The van der Waals surface area contributed by atoms with Gasteiger partial charge in [-0.15, -0.1) is 23.7 Å². The van der Waals surface area contributed by atoms with Gasteiger partial charge in [-0.3, -0.25) is 14.6 Å². The Hall–Kier alpha value is -1.13. The molecular weight excluding hydrogens is 501 g/mol. The number of hydrogen-bond donors (Lipinski definition) is 0. The van der Waals surface area contributed by atoms with E-state index in [-0.39, 0.29) is 18.3 Å². The van der Waals surface area contributed by atoms with Crippen LogP contribution in [0.15, 0.2) is 18.2 Å². The minimum atomic E-state index is -0.202. The minimum absolute atomic E-state index is 0. The van der Waals surface area contributed by atoms with E-state index in [9.17, 15) is 4.79 Å². The molecule has 1 aliphatic rings. The Bertz CT molecular complexity index is 1070. The highest BCUT2D eigenvalue weighted by molar-refractivity contribution is 7.22. The Morgan fingerprint density at radius 1 is 1.29 bits per heavy atom. The molecule has 11 heteroatoms. The van der Waals surface area contributed by atoms with Crippen molar-refractivity contribution in [3.63, 3.8) is 0 Å². The molecule has 1 amide bonds. The molecular formula is C20H22Cl3N3O3S2. The highest BCUT2D eigenvalue weighted by Gasteiger charge is 2.26. The number of morpholine rings is 1. The fourth-order valence-corrected chi connectivity index (χ4v) is 5.88. The molecule has 6 nitrogen and oxygen atoms in total. The maximum absolute atomic E-state index is 13.5. The lowest BCUT2D eigenvalue weighted by Gasteiger charge is -2.29. The Kier molecular flexibility index (Phi) is 8.43. The Labute approximate surface area is 205 Å². The molecule has 2 aromatic heterocycles. The number of carbonyl (C=O) groups excluding carboxylic acids is 1. The van der Waals surface area contributed by atoms with Crippen LogP contribution in [0.1, 0.15) is 15.9 Å². The number of benzene rings is 1. The fraction of sp³-hybridized carbons (Fsp3) is 0.400. The Balaban J connectivity index is 0.00000272. The quantitative estimate of drug-likeness (QED) is 0.435. The molecule has 0 radical (unpaired) electrons. The van der Waals surface area contributed by atoms with Gasteiger partial charge in [-0.25, -0.2) is 4.98 Å². The number of methoxy groups -OCH3 is 1. The lowest BCUT2D eigenvalue weighted by Crippen LogP contribution is -2.43. The molecule has 0 saturated carbocycles. The first-order chi connectivity index (χ1) is 14.5. The van der Waals surface area contributed by atoms with Gasteiger partial charge in [0.05, 0.1) is 34.9 Å². The van der Waals surface area contributed by atoms with Crippen LogP contribution in [-0.4, -0.2) is 62.3 Å². The molecule has 31 heavy (non-hydrogen) atoms. The van der Waals surface area contributed by atoms with E-state index in [1.165, 1.54) is 22.7 Å². The van der Waals surface area contributed by atoms with E-state index in [0.717, 1.165) is 35.4 Å². The zero-order chi connectivity index (χ0) is 21.3. The van der Waals surface area contributed by atoms with Gasteiger partial charge < -0.3 is 9.47 Å². The van der Waals surface area contributed by atoms with Gasteiger partial charge >= 0.3 is 0 Å². The van der Waals surface area contributed by atoms with Gasteiger partial charge in [0.25, 0.3) is 5.91 Å². The summed E-state index contributed by atoms with van der Waals surface area (Å²) in [6.45, 7) is 6.34. The van der Waals surface area contributed by atoms with Crippen LogP contribution >= 0.6 is 58.3 Å². The van der Waals surface area contributed by atoms with Crippen molar-refractivity contribution in [3.05, 3.63) is 38.0 Å². The third kappa shape index (κ3) is 5.27. The van der Waals surface area contributed by atoms with Crippen LogP contribution in [0.3, 0.4) is 0 Å². The van der Waals surface area contributed by atoms with Crippen LogP contribution in [-0.2, 0) is 4.74 Å². The molecule has 3 heterocycles. The number of aromatic nitrogens is 1. The van der Waals surface area contributed by atoms with Gasteiger partial charge in [-0.1, -0.05) is 40.6 Å². The van der Waals surface area contributed by atoms with Crippen molar-refractivity contribution in [2.24, 2.45) is 0 Å². The lowest BCUT2D eigenvalue weighted by atomic mass is 10.2. The highest BCUT2D eigenvalue weighted by atomic mass is 35.5. The molecule has 4 rings (SSSR count). The second-order valence-electron chi connectivity index (χ2n) is 6.91. The van der Waals surface area contributed by atoms with E-state index in [4.69, 9.17) is 37.7 Å². The topological polar surface area (TPSA) is 54.9 Å². The van der Waals surface area contributed by atoms with Crippen LogP contribution in [0.25, 0.3) is 10.2 Å². The van der Waals surface area contributed by atoms with Crippen molar-refractivity contribution in [2.45, 2.75) is 6.92 Å². The SMILES string of the molecule is COc1ccc(C)c2sc(N(CCN3CCOCC3)C(=O)c3cc(Cl)sc3Cl)nc12.Cl. The smallest absolute Gasteiger partial charge is 0.262 e. The van der Waals surface area contributed by atoms with Gasteiger partial charge in [0.15, 0.2) is 5.13 Å². The lowest BCUT2D eigenvalue weighted by molar-refractivity contribution is 0.0391. The molecule has 0 aliphatic carbocycles. The number of halogens is 3. The number of hydrogen-bond acceptors (Lipinski definition) is 7. The summed E-state index contributed by atoms with van der Waals surface area (Å²) in [6.07, 6.45) is 0. The van der Waals surface area contributed by atoms with Gasteiger partial charge in [0, 0.05) is 26.2 Å². The number of thiophene rings is 1. The summed E-state index contributed by atoms with van der Waals surface area (Å²) in [7, 11) is 1.62. The Morgan fingerprint density at radius 2 is 2.03 bits per heavy atom. The number of carbonyl (C=O) groups is 1. The van der Waals surface area contributed by atoms with Gasteiger partial charge in [-0.2, -0.15) is 0 Å². The molecule has 1 saturated heterocycles. The molecule has 3 aromatic rings. The molecule has 1 aromatic carbocycles. The summed E-state index contributed by atoms with van der Waals surface area (Å²) < 4.78 is 12.8. The van der Waals surface area contributed by atoms with Crippen molar-refractivity contribution in [1.29, 1.82) is 0 Å². The predicted octanol–water partition coefficient (Wildman–Crippen LogP) is 5.38. The number of ether oxygens (including phenoxy) is 2. The predicted molar refractivity (Wildman–Crippen MR) is 131 cm³/mol. The molecule has 0 spiro atoms. The molecule has 0 N–H and O–H groups in total. The van der Waals surface area contributed by atoms with Crippen LogP contribution in [0.4, 0.5) is 5.13 Å². The van der Waals surface area contributed by atoms with E-state index in [1.807, 2.05) is 19.1 Å². The van der Waals surface area contributed by atoms with Gasteiger partial charge in [-0.05, 0) is 24.6 Å². The number of anilines is 1. The van der Waals surface area contributed by atoms with E-state index < -0.39 is 0 Å². The van der Waals surface area contributed by atoms with E-state index in [0.29, 0.717) is 44.9 Å². The van der Waals surface area contributed by atoms with Gasteiger partial charge in [0.2, 0.25) is 0 Å². The standard InChI is InChI=1S/C20H21Cl2N3O3S2.ClH/c1-12-3-4-14(27-2)16-17(12)30-20(23-16)25(6-5-24-7-9-28-10-8-24)19(26)13-11-15(21)29-18(13)22;/h3-4,11H,5-10H2,1-2H3;1H. The summed E-state index contributed by atoms with van der Waals surface area (Å²) in [5.74, 6) is 0.488. The average Bonchev–Trinajstić information content (AvgIpc) is 3.33. The second-order valence-corrected chi connectivity index (χ2v) is 10.2. The molecule has 0 bridgehead atoms. The minimum Gasteiger partial charge on any atom is -0.494 e. The van der Waals surface area contributed by atoms with E-state index in [1.54, 1.807) is 18.1 Å². The fourth-order valence-electron chi connectivity index (χ4n) is 3.36. The number of aryl methyl sites for hydroxylation is 1. The number of fused-ring (bicyclic) bond motifs is 1. The molecule has 0 unspecified atom stereocenters. The van der Waals surface area contributed by atoms with Crippen molar-refractivity contribution in [3.8, 4) is 5.75 Å². The van der Waals surface area contributed by atoms with E-state index >= 15 is 0 Å². The van der Waals surface area contributed by atoms with Crippen molar-refractivity contribution in [1.82, 2.24) is 9.88 Å². The summed E-state index contributed by atoms with van der Waals surface area (Å²) in [5, 5.41) is 0.620. The zero-order valence-electron chi connectivity index (χ0n) is 17.0. The van der Waals surface area contributed by atoms with Crippen LogP contribution in [0, 0.1) is 6.92 Å². The third-order valence-electron chi connectivity index (χ3n) is 5.02. The largest absolute Gasteiger partial charge is 0.494 e. The van der Waals surface area contributed by atoms with E-state index in [2.05, 4.69) is 4.90 Å². The summed E-state index contributed by atoms with van der Waals surface area (Å²) in [6, 6.07) is 5.52. The third-order valence-corrected chi connectivity index (χ3v) is 7.72. The number of rotatable bonds is 6. The first-order valence-electron chi connectivity index (χ1n) is 9.49. The van der Waals surface area contributed by atoms with Crippen LogP contribution in [0.5, 0.6) is 5.75 Å². The molecule has 0 atom stereocenters. The van der Waals surface area contributed by atoms with Gasteiger partial charge in [0.1, 0.15) is 15.6 Å². The summed E-state index contributed by atoms with van der Waals surface area (Å²) in [4.78, 5) is 22.2. The number of thiazole rings is 1. The maximum atomic E-state index is 13.5. The van der Waals surface area contributed by atoms with Crippen LogP contribution < -0.4 is 9.64 Å². The summed E-state index contributed by atoms with van der Waals surface area (Å²) >= 11 is 15.1.